The second kappa shape index (κ2) is 38.5. The number of benzene rings is 1. The minimum Gasteiger partial charge on any atom is -0.598 e. The van der Waals surface area contributed by atoms with Crippen LogP contribution in [0.1, 0.15) is 97.0 Å². The van der Waals surface area contributed by atoms with Crippen LogP contribution in [0.25, 0.3) is 0 Å². The first kappa shape index (κ1) is 44.9. The Morgan fingerprint density at radius 3 is 1.58 bits per heavy atom. The van der Waals surface area contributed by atoms with Crippen LogP contribution in [0.4, 0.5) is 0 Å². The molecule has 184 valence electrons. The number of aryl methyl sites for hydroxylation is 1. The Balaban J connectivity index is -0.000000123. The van der Waals surface area contributed by atoms with Gasteiger partial charge in [0.25, 0.3) is 16.5 Å². The quantitative estimate of drug-likeness (QED) is 0.175. The molecular formula is C23H40Nd2O6P2+2. The van der Waals surface area contributed by atoms with Gasteiger partial charge in [0.1, 0.15) is 0 Å². The predicted molar refractivity (Wildman–Crippen MR) is 121 cm³/mol. The Bertz CT molecular complexity index is 491. The van der Waals surface area contributed by atoms with E-state index < -0.39 is 16.5 Å². The van der Waals surface area contributed by atoms with E-state index in [4.69, 9.17) is 28.7 Å². The molecule has 1 atom stereocenters. The Hall–Kier alpha value is 1.96. The van der Waals surface area contributed by atoms with E-state index in [0.29, 0.717) is 5.92 Å². The van der Waals surface area contributed by atoms with Gasteiger partial charge in [-0.1, -0.05) is 107 Å². The Kier molecular flexibility index (Phi) is 52.4. The second-order valence-corrected chi connectivity index (χ2v) is 8.04. The van der Waals surface area contributed by atoms with E-state index in [1.807, 2.05) is 12.1 Å². The van der Waals surface area contributed by atoms with Crippen LogP contribution in [0.2, 0.25) is 0 Å². The van der Waals surface area contributed by atoms with Gasteiger partial charge in [-0.2, -0.15) is 41.8 Å². The first-order valence-electron chi connectivity index (χ1n) is 11.1. The molecule has 33 heavy (non-hydrogen) atoms. The van der Waals surface area contributed by atoms with Gasteiger partial charge in [0, 0.05) is 0 Å². The topological polar surface area (TPSA) is 126 Å². The molecule has 6 nitrogen and oxygen atoms in total. The van der Waals surface area contributed by atoms with Crippen molar-refractivity contribution in [2.24, 2.45) is 5.92 Å². The molecular weight excluding hydrogens is 723 g/mol. The monoisotopic (exact) mass is 758 g/mol. The van der Waals surface area contributed by atoms with Crippen LogP contribution in [0, 0.1) is 101 Å². The number of hydrogen-bond donors (Lipinski definition) is 0. The molecule has 0 amide bonds. The summed E-state index contributed by atoms with van der Waals surface area (Å²) in [5.74, 6) is 0.704. The van der Waals surface area contributed by atoms with Gasteiger partial charge >= 0.3 is 81.7 Å². The number of hydrogen-bond acceptors (Lipinski definition) is 6. The summed E-state index contributed by atoms with van der Waals surface area (Å²) in [5.41, 5.74) is 1.46. The summed E-state index contributed by atoms with van der Waals surface area (Å²) in [4.78, 5) is 33.9. The summed E-state index contributed by atoms with van der Waals surface area (Å²) < 4.78 is 17.0. The van der Waals surface area contributed by atoms with Crippen molar-refractivity contribution in [2.45, 2.75) is 97.8 Å². The average molecular weight is 763 g/mol. The zero-order valence-electron chi connectivity index (χ0n) is 20.4. The molecule has 10 heteroatoms. The Morgan fingerprint density at radius 1 is 0.788 bits per heavy atom. The minimum atomic E-state index is -3.37. The molecule has 0 spiro atoms. The zero-order chi connectivity index (χ0) is 24.3. The van der Waals surface area contributed by atoms with Gasteiger partial charge in [0.2, 0.25) is 0 Å². The minimum absolute atomic E-state index is 0. The van der Waals surface area contributed by atoms with E-state index in [2.05, 4.69) is 45.9 Å². The fourth-order valence-corrected chi connectivity index (χ4v) is 2.57. The van der Waals surface area contributed by atoms with Crippen molar-refractivity contribution in [2.75, 3.05) is 0 Å². The SMILES string of the molecule is CCCCCCCCCc1cc[c-]cc1.O=[P+]([O-])[O-].O=[P+]([O-])[O-].[CH2-]C(CC)CCCC.[Nd+3].[Nd+3]. The van der Waals surface area contributed by atoms with Crippen LogP contribution in [-0.2, 0) is 15.6 Å². The summed E-state index contributed by atoms with van der Waals surface area (Å²) in [5, 5.41) is 0. The average Bonchev–Trinajstić information content (AvgIpc) is 2.72. The summed E-state index contributed by atoms with van der Waals surface area (Å²) >= 11 is 0. The first-order chi connectivity index (χ1) is 14.7. The van der Waals surface area contributed by atoms with E-state index in [1.165, 1.54) is 82.6 Å². The largest absolute Gasteiger partial charge is 3.00 e. The molecule has 0 bridgehead atoms. The summed E-state index contributed by atoms with van der Waals surface area (Å²) in [6.45, 7) is 10.7. The van der Waals surface area contributed by atoms with Crippen LogP contribution in [0.15, 0.2) is 24.3 Å². The summed E-state index contributed by atoms with van der Waals surface area (Å²) in [6, 6.07) is 11.4. The van der Waals surface area contributed by atoms with Gasteiger partial charge in [-0.25, -0.2) is 0 Å². The van der Waals surface area contributed by atoms with Gasteiger partial charge in [-0.3, -0.25) is 0 Å². The van der Waals surface area contributed by atoms with Crippen LogP contribution < -0.4 is 19.6 Å². The molecule has 1 aromatic rings. The van der Waals surface area contributed by atoms with Crippen LogP contribution >= 0.6 is 16.5 Å². The molecule has 1 aromatic carbocycles. The van der Waals surface area contributed by atoms with Crippen molar-refractivity contribution >= 4 is 16.5 Å². The maximum Gasteiger partial charge on any atom is 3.00 e. The molecule has 1 rings (SSSR count). The third-order valence-corrected chi connectivity index (χ3v) is 4.40. The maximum atomic E-state index is 8.48. The standard InChI is InChI=1S/C15H23.C8H17.2Nd.2HO3P/c1-2-3-4-5-6-7-9-12-15-13-10-8-11-14-15;1-4-6-7-8(3)5-2;;;2*1-4(2)3/h10-11,13-14H,2-7,9,12H2,1H3;8H,3-7H2,1-2H3;;;2*(H,1,2,3)/q2*-1;2*+3;;/p-2. The Morgan fingerprint density at radius 2 is 1.18 bits per heavy atom. The fourth-order valence-electron chi connectivity index (χ4n) is 2.57. The van der Waals surface area contributed by atoms with Gasteiger partial charge in [-0.05, 0) is 0 Å². The fraction of sp³-hybridized carbons (Fsp3) is 0.696. The molecule has 0 saturated heterocycles. The third kappa shape index (κ3) is 55.7. The smallest absolute Gasteiger partial charge is 0.598 e. The van der Waals surface area contributed by atoms with Crippen molar-refractivity contribution < 1.29 is 110 Å². The predicted octanol–water partition coefficient (Wildman–Crippen LogP) is 4.55. The summed E-state index contributed by atoms with van der Waals surface area (Å²) in [7, 11) is -6.74. The molecule has 0 aliphatic rings. The molecule has 2 radical (unpaired) electrons. The number of unbranched alkanes of at least 4 members (excludes halogenated alkanes) is 7. The normalized spacial score (nSPS) is 9.70. The van der Waals surface area contributed by atoms with E-state index in [0.717, 1.165) is 0 Å². The summed E-state index contributed by atoms with van der Waals surface area (Å²) in [6.07, 6.45) is 16.2. The van der Waals surface area contributed by atoms with Crippen molar-refractivity contribution in [3.63, 3.8) is 0 Å². The van der Waals surface area contributed by atoms with Crippen molar-refractivity contribution in [3.05, 3.63) is 42.8 Å². The molecule has 0 aromatic heterocycles. The van der Waals surface area contributed by atoms with Crippen molar-refractivity contribution in [1.29, 1.82) is 0 Å². The van der Waals surface area contributed by atoms with E-state index in [-0.39, 0.29) is 81.7 Å². The zero-order valence-corrected chi connectivity index (χ0v) is 28.6. The second-order valence-electron chi connectivity index (χ2n) is 7.14. The van der Waals surface area contributed by atoms with E-state index in [1.54, 1.807) is 0 Å². The van der Waals surface area contributed by atoms with Gasteiger partial charge in [0.15, 0.2) is 0 Å². The molecule has 0 fully saturated rings. The van der Waals surface area contributed by atoms with E-state index >= 15 is 0 Å². The van der Waals surface area contributed by atoms with Gasteiger partial charge < -0.3 is 26.5 Å². The molecule has 0 N–H and O–H groups in total. The van der Waals surface area contributed by atoms with Crippen LogP contribution in [0.3, 0.4) is 0 Å². The van der Waals surface area contributed by atoms with Crippen LogP contribution in [-0.4, -0.2) is 0 Å². The van der Waals surface area contributed by atoms with Gasteiger partial charge in [-0.15, -0.1) is 0 Å². The van der Waals surface area contributed by atoms with Crippen molar-refractivity contribution in [3.8, 4) is 0 Å². The van der Waals surface area contributed by atoms with Crippen LogP contribution in [0.5, 0.6) is 0 Å². The molecule has 0 heterocycles. The first-order valence-corrected chi connectivity index (χ1v) is 13.3. The third-order valence-electron chi connectivity index (χ3n) is 4.40. The van der Waals surface area contributed by atoms with Crippen molar-refractivity contribution in [1.82, 2.24) is 0 Å². The Labute approximate surface area is 270 Å². The maximum absolute atomic E-state index is 8.48. The molecule has 1 unspecified atom stereocenters. The van der Waals surface area contributed by atoms with E-state index in [9.17, 15) is 0 Å². The molecule has 0 saturated carbocycles. The molecule has 0 aliphatic heterocycles. The number of rotatable bonds is 12. The van der Waals surface area contributed by atoms with Gasteiger partial charge in [0.05, 0.1) is 0 Å². The molecule has 0 aliphatic carbocycles.